The van der Waals surface area contributed by atoms with Gasteiger partial charge >= 0.3 is 6.09 Å². The number of alkyl halides is 6. The summed E-state index contributed by atoms with van der Waals surface area (Å²) in [6.45, 7) is -0.670. The lowest BCUT2D eigenvalue weighted by molar-refractivity contribution is -0.125. The number of carbonyl (C=O) groups excluding carboxylic acids is 2. The highest BCUT2D eigenvalue weighted by Gasteiger charge is 2.40. The van der Waals surface area contributed by atoms with Gasteiger partial charge in [0.25, 0.3) is 5.92 Å². The Morgan fingerprint density at radius 3 is 2.42 bits per heavy atom. The van der Waals surface area contributed by atoms with Crippen LogP contribution in [-0.4, -0.2) is 46.8 Å². The number of hydrogen-bond acceptors (Lipinski definition) is 4. The quantitative estimate of drug-likeness (QED) is 0.202. The van der Waals surface area contributed by atoms with Gasteiger partial charge in [0, 0.05) is 31.7 Å². The van der Waals surface area contributed by atoms with Gasteiger partial charge in [0.2, 0.25) is 18.3 Å². The zero-order chi connectivity index (χ0) is 31.4. The number of benzene rings is 2. The van der Waals surface area contributed by atoms with E-state index in [1.165, 1.54) is 6.07 Å². The number of carbonyl (C=O) groups is 2. The molecule has 1 fully saturated rings. The Bertz CT molecular complexity index is 1400. The summed E-state index contributed by atoms with van der Waals surface area (Å²) in [5.74, 6) is -10.8. The van der Waals surface area contributed by atoms with Gasteiger partial charge in [-0.15, -0.1) is 0 Å². The number of aromatic nitrogens is 2. The predicted molar refractivity (Wildman–Crippen MR) is 142 cm³/mol. The first-order valence-electron chi connectivity index (χ1n) is 13.7. The van der Waals surface area contributed by atoms with Crippen molar-refractivity contribution in [3.63, 3.8) is 0 Å². The first kappa shape index (κ1) is 32.1. The molecule has 43 heavy (non-hydrogen) atoms. The Kier molecular flexibility index (Phi) is 9.86. The minimum Gasteiger partial charge on any atom is -0.445 e. The minimum atomic E-state index is -3.32. The molecule has 7 nitrogen and oxygen atoms in total. The number of hydrogen-bond donors (Lipinski definition) is 3. The fraction of sp³-hybridized carbons (Fsp3) is 0.483. The number of amides is 2. The van der Waals surface area contributed by atoms with E-state index in [2.05, 4.69) is 15.3 Å². The molecule has 2 amide bonds. The van der Waals surface area contributed by atoms with Crippen molar-refractivity contribution in [1.29, 1.82) is 0 Å². The van der Waals surface area contributed by atoms with Gasteiger partial charge in [0.15, 0.2) is 5.82 Å². The van der Waals surface area contributed by atoms with Crippen LogP contribution in [0.25, 0.3) is 11.0 Å². The topological polar surface area (TPSA) is 96.1 Å². The van der Waals surface area contributed by atoms with Gasteiger partial charge < -0.3 is 20.4 Å². The summed E-state index contributed by atoms with van der Waals surface area (Å²) < 4.78 is 102. The van der Waals surface area contributed by atoms with E-state index in [1.807, 2.05) is 5.32 Å². The standard InChI is InChI=1S/C29H31F7N4O3/c1-28(33,34)15-37-26(41)19(13-21(30)31)18-7-8-20-24(22(18)32)39-25(38-20)23(17-9-11-29(35,36)12-10-17)40-27(42)43-14-16-5-3-2-4-6-16/h2-8,17,19,21,23H,9-15H2,1H3,(H,37,41)(H,38,39)(H,40,42)/t19?,23-/m0/s1. The molecular weight excluding hydrogens is 585 g/mol. The third kappa shape index (κ3) is 8.60. The molecule has 1 aliphatic carbocycles. The molecule has 3 N–H and O–H groups in total. The van der Waals surface area contributed by atoms with Crippen LogP contribution in [0, 0.1) is 11.7 Å². The maximum atomic E-state index is 15.7. The molecule has 4 rings (SSSR count). The van der Waals surface area contributed by atoms with Crippen molar-refractivity contribution in [1.82, 2.24) is 20.6 Å². The van der Waals surface area contributed by atoms with Gasteiger partial charge in [-0.05, 0) is 30.4 Å². The Morgan fingerprint density at radius 2 is 1.79 bits per heavy atom. The molecular formula is C29H31F7N4O3. The largest absolute Gasteiger partial charge is 0.445 e. The average molecular weight is 617 g/mol. The fourth-order valence-electron chi connectivity index (χ4n) is 5.11. The molecule has 14 heteroatoms. The Balaban J connectivity index is 1.62. The number of halogens is 7. The summed E-state index contributed by atoms with van der Waals surface area (Å²) in [6, 6.07) is 10.1. The van der Waals surface area contributed by atoms with E-state index in [0.717, 1.165) is 6.07 Å². The van der Waals surface area contributed by atoms with Crippen LogP contribution in [0.3, 0.4) is 0 Å². The lowest BCUT2D eigenvalue weighted by atomic mass is 9.82. The average Bonchev–Trinajstić information content (AvgIpc) is 3.38. The van der Waals surface area contributed by atoms with Crippen LogP contribution in [0.4, 0.5) is 35.5 Å². The van der Waals surface area contributed by atoms with Gasteiger partial charge in [-0.2, -0.15) is 0 Å². The first-order chi connectivity index (χ1) is 20.2. The van der Waals surface area contributed by atoms with Crippen molar-refractivity contribution in [2.24, 2.45) is 5.92 Å². The van der Waals surface area contributed by atoms with Crippen LogP contribution in [0.15, 0.2) is 42.5 Å². The number of ether oxygens (including phenoxy) is 1. The van der Waals surface area contributed by atoms with E-state index in [9.17, 15) is 35.9 Å². The second kappa shape index (κ2) is 13.2. The second-order valence-electron chi connectivity index (χ2n) is 10.8. The van der Waals surface area contributed by atoms with Gasteiger partial charge in [-0.3, -0.25) is 4.79 Å². The predicted octanol–water partition coefficient (Wildman–Crippen LogP) is 7.01. The smallest absolute Gasteiger partial charge is 0.408 e. The fourth-order valence-corrected chi connectivity index (χ4v) is 5.11. The molecule has 2 aromatic carbocycles. The maximum Gasteiger partial charge on any atom is 0.408 e. The van der Waals surface area contributed by atoms with Crippen molar-refractivity contribution < 1.29 is 45.1 Å². The Labute approximate surface area is 242 Å². The van der Waals surface area contributed by atoms with Crippen molar-refractivity contribution in [2.45, 2.75) is 75.9 Å². The number of H-pyrrole nitrogens is 1. The Morgan fingerprint density at radius 1 is 1.12 bits per heavy atom. The molecule has 0 bridgehead atoms. The van der Waals surface area contributed by atoms with Crippen molar-refractivity contribution in [3.05, 3.63) is 65.2 Å². The SMILES string of the molecule is CC(F)(F)CNC(=O)C(CC(F)F)c1ccc2[nH]c([C@@H](NC(=O)OCc3ccccc3)C3CCC(F)(F)CC3)nc2c1F. The van der Waals surface area contributed by atoms with Crippen LogP contribution >= 0.6 is 0 Å². The molecule has 1 unspecified atom stereocenters. The lowest BCUT2D eigenvalue weighted by Crippen LogP contribution is -2.38. The highest BCUT2D eigenvalue weighted by molar-refractivity contribution is 5.86. The molecule has 0 aliphatic heterocycles. The van der Waals surface area contributed by atoms with Crippen LogP contribution in [-0.2, 0) is 16.1 Å². The zero-order valence-corrected chi connectivity index (χ0v) is 23.1. The van der Waals surface area contributed by atoms with E-state index >= 15 is 4.39 Å². The minimum absolute atomic E-state index is 0.0124. The summed E-state index contributed by atoms with van der Waals surface area (Å²) in [6.07, 6.45) is -5.89. The van der Waals surface area contributed by atoms with Crippen LogP contribution < -0.4 is 10.6 Å². The van der Waals surface area contributed by atoms with Gasteiger partial charge in [0.1, 0.15) is 17.9 Å². The molecule has 0 saturated heterocycles. The molecule has 1 aliphatic rings. The van der Waals surface area contributed by atoms with Crippen LogP contribution in [0.1, 0.15) is 67.9 Å². The lowest BCUT2D eigenvalue weighted by Gasteiger charge is -2.33. The van der Waals surface area contributed by atoms with E-state index in [4.69, 9.17) is 4.74 Å². The van der Waals surface area contributed by atoms with Crippen molar-refractivity contribution in [3.8, 4) is 0 Å². The third-order valence-corrected chi connectivity index (χ3v) is 7.33. The molecule has 234 valence electrons. The molecule has 2 atom stereocenters. The summed E-state index contributed by atoms with van der Waals surface area (Å²) in [7, 11) is 0. The summed E-state index contributed by atoms with van der Waals surface area (Å²) >= 11 is 0. The molecule has 3 aromatic rings. The summed E-state index contributed by atoms with van der Waals surface area (Å²) in [5, 5.41) is 4.52. The molecule has 0 spiro atoms. The molecule has 1 aromatic heterocycles. The monoisotopic (exact) mass is 616 g/mol. The van der Waals surface area contributed by atoms with E-state index in [-0.39, 0.29) is 36.3 Å². The van der Waals surface area contributed by atoms with Crippen molar-refractivity contribution in [2.75, 3.05) is 6.54 Å². The number of aromatic amines is 1. The molecule has 1 saturated carbocycles. The number of imidazole rings is 1. The maximum absolute atomic E-state index is 15.7. The number of nitrogens with zero attached hydrogens (tertiary/aromatic N) is 1. The third-order valence-electron chi connectivity index (χ3n) is 7.33. The number of rotatable bonds is 11. The summed E-state index contributed by atoms with van der Waals surface area (Å²) in [4.78, 5) is 32.4. The molecule has 0 radical (unpaired) electrons. The first-order valence-corrected chi connectivity index (χ1v) is 13.7. The van der Waals surface area contributed by atoms with Crippen LogP contribution in [0.2, 0.25) is 0 Å². The zero-order valence-electron chi connectivity index (χ0n) is 23.1. The highest BCUT2D eigenvalue weighted by Crippen LogP contribution is 2.41. The van der Waals surface area contributed by atoms with Crippen molar-refractivity contribution >= 4 is 23.0 Å². The van der Waals surface area contributed by atoms with Crippen LogP contribution in [0.5, 0.6) is 0 Å². The number of fused-ring (bicyclic) bond motifs is 1. The van der Waals surface area contributed by atoms with E-state index < -0.39 is 85.3 Å². The van der Waals surface area contributed by atoms with E-state index in [1.54, 1.807) is 30.3 Å². The number of nitrogens with one attached hydrogen (secondary N) is 3. The van der Waals surface area contributed by atoms with Gasteiger partial charge in [0.05, 0.1) is 24.0 Å². The Hall–Kier alpha value is -3.84. The highest BCUT2D eigenvalue weighted by atomic mass is 19.3. The van der Waals surface area contributed by atoms with E-state index in [0.29, 0.717) is 12.5 Å². The van der Waals surface area contributed by atoms with Gasteiger partial charge in [-0.1, -0.05) is 36.4 Å². The van der Waals surface area contributed by atoms with Gasteiger partial charge in [-0.25, -0.2) is 40.5 Å². The number of alkyl carbamates (subject to hydrolysis) is 1. The second-order valence-corrected chi connectivity index (χ2v) is 10.8. The summed E-state index contributed by atoms with van der Waals surface area (Å²) in [5.41, 5.74) is -0.0501. The molecule has 1 heterocycles. The normalized spacial score (nSPS) is 17.0.